The molecule has 1 aromatic rings. The molecule has 0 radical (unpaired) electrons. The lowest BCUT2D eigenvalue weighted by Crippen LogP contribution is -2.39. The van der Waals surface area contributed by atoms with Gasteiger partial charge in [-0.25, -0.2) is 0 Å². The summed E-state index contributed by atoms with van der Waals surface area (Å²) in [6, 6.07) is 2.61. The largest absolute Gasteiger partial charge is 0.361 e. The molecule has 1 aliphatic heterocycles. The number of piperidine rings is 1. The normalized spacial score (nSPS) is 16.7. The molecule has 16 heavy (non-hydrogen) atoms. The fourth-order valence-corrected chi connectivity index (χ4v) is 1.78. The van der Waals surface area contributed by atoms with Gasteiger partial charge in [-0.1, -0.05) is 19.0 Å². The van der Waals surface area contributed by atoms with Gasteiger partial charge in [-0.05, 0) is 32.9 Å². The number of aryl methyl sites for hydroxylation is 1. The molecule has 0 spiro atoms. The maximum Gasteiger partial charge on any atom is 0.133 e. The Hall–Kier alpha value is -0.870. The molecule has 0 saturated carbocycles. The highest BCUT2D eigenvalue weighted by molar-refractivity contribution is 5.03. The summed E-state index contributed by atoms with van der Waals surface area (Å²) in [7, 11) is 0. The molecule has 1 aromatic heterocycles. The van der Waals surface area contributed by atoms with Crippen molar-refractivity contribution in [3.05, 3.63) is 17.5 Å². The summed E-state index contributed by atoms with van der Waals surface area (Å²) in [5.74, 6) is 0.882. The Morgan fingerprint density at radius 1 is 1.44 bits per heavy atom. The van der Waals surface area contributed by atoms with E-state index in [2.05, 4.69) is 15.8 Å². The molecule has 0 atom stereocenters. The van der Waals surface area contributed by atoms with E-state index in [4.69, 9.17) is 4.52 Å². The molecule has 2 heterocycles. The predicted molar refractivity (Wildman–Crippen MR) is 65.3 cm³/mol. The van der Waals surface area contributed by atoms with E-state index in [9.17, 15) is 0 Å². The van der Waals surface area contributed by atoms with Gasteiger partial charge in [0.1, 0.15) is 5.76 Å². The Morgan fingerprint density at radius 2 is 2.12 bits per heavy atom. The monoisotopic (exact) mass is 225 g/mol. The molecule has 1 aliphatic rings. The standard InChI is InChI=1S/C10H17N3O.C2H6/c1-8-6-10(13-14-8)7-12-9-2-4-11-5-3-9;1-2/h6,9,11-12H,2-5,7H2,1H3;1-2H3. The van der Waals surface area contributed by atoms with Gasteiger partial charge in [0.2, 0.25) is 0 Å². The Bertz CT molecular complexity index is 280. The van der Waals surface area contributed by atoms with Gasteiger partial charge in [-0.3, -0.25) is 0 Å². The van der Waals surface area contributed by atoms with Crippen LogP contribution in [0.2, 0.25) is 0 Å². The highest BCUT2D eigenvalue weighted by Gasteiger charge is 2.12. The van der Waals surface area contributed by atoms with Gasteiger partial charge >= 0.3 is 0 Å². The van der Waals surface area contributed by atoms with Crippen LogP contribution in [0.5, 0.6) is 0 Å². The minimum absolute atomic E-state index is 0.633. The Balaban J connectivity index is 0.000000606. The average molecular weight is 225 g/mol. The van der Waals surface area contributed by atoms with Crippen LogP contribution >= 0.6 is 0 Å². The van der Waals surface area contributed by atoms with Gasteiger partial charge in [-0.2, -0.15) is 0 Å². The third-order valence-corrected chi connectivity index (χ3v) is 2.59. The fourth-order valence-electron chi connectivity index (χ4n) is 1.78. The van der Waals surface area contributed by atoms with Crippen LogP contribution in [0.1, 0.15) is 38.1 Å². The van der Waals surface area contributed by atoms with E-state index in [1.54, 1.807) is 0 Å². The Morgan fingerprint density at radius 3 is 2.69 bits per heavy atom. The van der Waals surface area contributed by atoms with Crippen molar-refractivity contribution in [1.82, 2.24) is 15.8 Å². The zero-order valence-electron chi connectivity index (χ0n) is 10.5. The molecule has 0 aliphatic carbocycles. The second kappa shape index (κ2) is 7.41. The second-order valence-electron chi connectivity index (χ2n) is 3.83. The number of aromatic nitrogens is 1. The lowest BCUT2D eigenvalue weighted by atomic mass is 10.1. The average Bonchev–Trinajstić information content (AvgIpc) is 2.77. The van der Waals surface area contributed by atoms with E-state index >= 15 is 0 Å². The van der Waals surface area contributed by atoms with Crippen LogP contribution in [-0.4, -0.2) is 24.3 Å². The quantitative estimate of drug-likeness (QED) is 0.824. The summed E-state index contributed by atoms with van der Waals surface area (Å²) in [6.45, 7) is 8.98. The van der Waals surface area contributed by atoms with Crippen molar-refractivity contribution in [2.45, 2.75) is 46.2 Å². The molecule has 4 heteroatoms. The molecule has 1 fully saturated rings. The van der Waals surface area contributed by atoms with Crippen molar-refractivity contribution in [1.29, 1.82) is 0 Å². The van der Waals surface area contributed by atoms with E-state index in [1.807, 2.05) is 26.8 Å². The first kappa shape index (κ1) is 13.2. The van der Waals surface area contributed by atoms with Gasteiger partial charge in [0, 0.05) is 18.7 Å². The van der Waals surface area contributed by atoms with E-state index < -0.39 is 0 Å². The lowest BCUT2D eigenvalue weighted by molar-refractivity contribution is 0.366. The number of hydrogen-bond acceptors (Lipinski definition) is 4. The van der Waals surface area contributed by atoms with Crippen LogP contribution in [0.15, 0.2) is 10.6 Å². The Kier molecular flexibility index (Phi) is 6.11. The highest BCUT2D eigenvalue weighted by Crippen LogP contribution is 2.05. The zero-order valence-corrected chi connectivity index (χ0v) is 10.5. The van der Waals surface area contributed by atoms with Crippen LogP contribution in [0, 0.1) is 6.92 Å². The third kappa shape index (κ3) is 4.33. The summed E-state index contributed by atoms with van der Waals surface area (Å²) < 4.78 is 5.00. The molecule has 0 unspecified atom stereocenters. The number of hydrogen-bond donors (Lipinski definition) is 2. The summed E-state index contributed by atoms with van der Waals surface area (Å²) in [5, 5.41) is 10.8. The highest BCUT2D eigenvalue weighted by atomic mass is 16.5. The molecule has 0 aromatic carbocycles. The van der Waals surface area contributed by atoms with E-state index in [0.29, 0.717) is 6.04 Å². The van der Waals surface area contributed by atoms with Crippen LogP contribution in [0.4, 0.5) is 0 Å². The smallest absolute Gasteiger partial charge is 0.133 e. The van der Waals surface area contributed by atoms with E-state index in [0.717, 1.165) is 31.1 Å². The van der Waals surface area contributed by atoms with Crippen molar-refractivity contribution in [2.24, 2.45) is 0 Å². The fraction of sp³-hybridized carbons (Fsp3) is 0.750. The van der Waals surface area contributed by atoms with Gasteiger partial charge in [0.05, 0.1) is 5.69 Å². The lowest BCUT2D eigenvalue weighted by Gasteiger charge is -2.23. The summed E-state index contributed by atoms with van der Waals surface area (Å²) in [5.41, 5.74) is 1.00. The minimum atomic E-state index is 0.633. The first-order valence-electron chi connectivity index (χ1n) is 6.21. The second-order valence-corrected chi connectivity index (χ2v) is 3.83. The molecular formula is C12H23N3O. The van der Waals surface area contributed by atoms with Crippen LogP contribution in [0.3, 0.4) is 0 Å². The number of nitrogens with one attached hydrogen (secondary N) is 2. The predicted octanol–water partition coefficient (Wildman–Crippen LogP) is 1.85. The summed E-state index contributed by atoms with van der Waals surface area (Å²) in [6.07, 6.45) is 2.41. The SMILES string of the molecule is CC.Cc1cc(CNC2CCNCC2)no1. The summed E-state index contributed by atoms with van der Waals surface area (Å²) >= 11 is 0. The molecule has 1 saturated heterocycles. The van der Waals surface area contributed by atoms with Gasteiger partial charge < -0.3 is 15.2 Å². The maximum atomic E-state index is 5.00. The van der Waals surface area contributed by atoms with Crippen molar-refractivity contribution in [3.63, 3.8) is 0 Å². The molecule has 2 N–H and O–H groups in total. The van der Waals surface area contributed by atoms with Crippen LogP contribution < -0.4 is 10.6 Å². The zero-order chi connectivity index (χ0) is 11.8. The Labute approximate surface area is 97.8 Å². The van der Waals surface area contributed by atoms with Crippen LogP contribution in [0.25, 0.3) is 0 Å². The molecule has 4 nitrogen and oxygen atoms in total. The number of rotatable bonds is 3. The first-order chi connectivity index (χ1) is 7.84. The van der Waals surface area contributed by atoms with E-state index in [1.165, 1.54) is 12.8 Å². The maximum absolute atomic E-state index is 5.00. The topological polar surface area (TPSA) is 50.1 Å². The van der Waals surface area contributed by atoms with Gasteiger partial charge in [0.15, 0.2) is 0 Å². The van der Waals surface area contributed by atoms with Crippen molar-refractivity contribution < 1.29 is 4.52 Å². The number of nitrogens with zero attached hydrogens (tertiary/aromatic N) is 1. The van der Waals surface area contributed by atoms with E-state index in [-0.39, 0.29) is 0 Å². The van der Waals surface area contributed by atoms with Crippen molar-refractivity contribution in [2.75, 3.05) is 13.1 Å². The first-order valence-corrected chi connectivity index (χ1v) is 6.21. The molecule has 92 valence electrons. The third-order valence-electron chi connectivity index (χ3n) is 2.59. The summed E-state index contributed by atoms with van der Waals surface area (Å²) in [4.78, 5) is 0. The molecule has 0 bridgehead atoms. The van der Waals surface area contributed by atoms with Crippen molar-refractivity contribution in [3.8, 4) is 0 Å². The van der Waals surface area contributed by atoms with Gasteiger partial charge in [0.25, 0.3) is 0 Å². The molecule has 2 rings (SSSR count). The van der Waals surface area contributed by atoms with Crippen molar-refractivity contribution >= 4 is 0 Å². The van der Waals surface area contributed by atoms with Crippen LogP contribution in [-0.2, 0) is 6.54 Å². The minimum Gasteiger partial charge on any atom is -0.361 e. The van der Waals surface area contributed by atoms with Gasteiger partial charge in [-0.15, -0.1) is 0 Å². The molecule has 0 amide bonds. The molecular weight excluding hydrogens is 202 g/mol.